The van der Waals surface area contributed by atoms with E-state index in [4.69, 9.17) is 9.47 Å². The molecule has 7 nitrogen and oxygen atoms in total. The van der Waals surface area contributed by atoms with Gasteiger partial charge in [-0.3, -0.25) is 0 Å². The van der Waals surface area contributed by atoms with E-state index in [0.717, 1.165) is 35.1 Å². The van der Waals surface area contributed by atoms with Crippen LogP contribution in [0.25, 0.3) is 0 Å². The second kappa shape index (κ2) is 9.44. The van der Waals surface area contributed by atoms with Gasteiger partial charge in [0.1, 0.15) is 23.6 Å². The SMILES string of the molecule is CCOc1nc(NC2CCC(OC(=O)NC(C)(C)C)CC2)c(I)cc1C#N. The molecule has 2 N–H and O–H groups in total. The van der Waals surface area contributed by atoms with Gasteiger partial charge in [0, 0.05) is 11.6 Å². The van der Waals surface area contributed by atoms with Gasteiger partial charge >= 0.3 is 6.09 Å². The Morgan fingerprint density at radius 1 is 1.37 bits per heavy atom. The number of carbonyl (C=O) groups is 1. The third-order valence-electron chi connectivity index (χ3n) is 4.11. The maximum absolute atomic E-state index is 11.9. The van der Waals surface area contributed by atoms with Gasteiger partial charge in [0.05, 0.1) is 10.2 Å². The molecule has 0 bridgehead atoms. The molecule has 0 radical (unpaired) electrons. The molecule has 0 saturated heterocycles. The number of halogens is 1. The molecule has 1 fully saturated rings. The first-order valence-electron chi connectivity index (χ1n) is 9.20. The average molecular weight is 486 g/mol. The summed E-state index contributed by atoms with van der Waals surface area (Å²) in [6.07, 6.45) is 2.96. The number of nitriles is 1. The largest absolute Gasteiger partial charge is 0.477 e. The van der Waals surface area contributed by atoms with Gasteiger partial charge in [-0.15, -0.1) is 0 Å². The first-order chi connectivity index (χ1) is 12.7. The molecule has 27 heavy (non-hydrogen) atoms. The van der Waals surface area contributed by atoms with Gasteiger partial charge in [-0.05, 0) is 82.0 Å². The Hall–Kier alpha value is -1.76. The number of ether oxygens (including phenoxy) is 2. The molecule has 0 unspecified atom stereocenters. The van der Waals surface area contributed by atoms with E-state index in [2.05, 4.69) is 44.3 Å². The van der Waals surface area contributed by atoms with Gasteiger partial charge in [0.2, 0.25) is 5.88 Å². The summed E-state index contributed by atoms with van der Waals surface area (Å²) in [6.45, 7) is 8.11. The number of amides is 1. The lowest BCUT2D eigenvalue weighted by molar-refractivity contribution is 0.0682. The van der Waals surface area contributed by atoms with E-state index in [-0.39, 0.29) is 23.8 Å². The van der Waals surface area contributed by atoms with Gasteiger partial charge < -0.3 is 20.1 Å². The second-order valence-corrected chi connectivity index (χ2v) is 8.78. The highest BCUT2D eigenvalue weighted by atomic mass is 127. The van der Waals surface area contributed by atoms with Crippen LogP contribution in [0.15, 0.2) is 6.07 Å². The molecule has 8 heteroatoms. The Morgan fingerprint density at radius 2 is 2.04 bits per heavy atom. The van der Waals surface area contributed by atoms with Crippen LogP contribution in [0.3, 0.4) is 0 Å². The fourth-order valence-corrected chi connectivity index (χ4v) is 3.49. The first-order valence-corrected chi connectivity index (χ1v) is 10.3. The maximum Gasteiger partial charge on any atom is 0.407 e. The van der Waals surface area contributed by atoms with E-state index in [9.17, 15) is 10.1 Å². The minimum Gasteiger partial charge on any atom is -0.477 e. The number of nitrogens with one attached hydrogen (secondary N) is 2. The van der Waals surface area contributed by atoms with Crippen molar-refractivity contribution in [2.45, 2.75) is 71.1 Å². The van der Waals surface area contributed by atoms with Crippen molar-refractivity contribution in [3.05, 3.63) is 15.2 Å². The fourth-order valence-electron chi connectivity index (χ4n) is 2.91. The smallest absolute Gasteiger partial charge is 0.407 e. The molecular weight excluding hydrogens is 459 g/mol. The van der Waals surface area contributed by atoms with Gasteiger partial charge in [0.25, 0.3) is 0 Å². The lowest BCUT2D eigenvalue weighted by Crippen LogP contribution is -2.43. The lowest BCUT2D eigenvalue weighted by Gasteiger charge is -2.30. The number of rotatable bonds is 5. The number of nitrogens with zero attached hydrogens (tertiary/aromatic N) is 2. The summed E-state index contributed by atoms with van der Waals surface area (Å²) < 4.78 is 11.9. The highest BCUT2D eigenvalue weighted by Gasteiger charge is 2.26. The van der Waals surface area contributed by atoms with Gasteiger partial charge in [-0.25, -0.2) is 4.79 Å². The van der Waals surface area contributed by atoms with E-state index >= 15 is 0 Å². The van der Waals surface area contributed by atoms with Crippen LogP contribution in [0.1, 0.15) is 58.9 Å². The number of carbonyl (C=O) groups excluding carboxylic acids is 1. The van der Waals surface area contributed by atoms with Crippen LogP contribution >= 0.6 is 22.6 Å². The molecule has 1 heterocycles. The van der Waals surface area contributed by atoms with Crippen LogP contribution in [0.2, 0.25) is 0 Å². The van der Waals surface area contributed by atoms with Crippen molar-refractivity contribution in [1.82, 2.24) is 10.3 Å². The highest BCUT2D eigenvalue weighted by molar-refractivity contribution is 14.1. The summed E-state index contributed by atoms with van der Waals surface area (Å²) in [4.78, 5) is 16.4. The van der Waals surface area contributed by atoms with Crippen molar-refractivity contribution in [2.75, 3.05) is 11.9 Å². The third-order valence-corrected chi connectivity index (χ3v) is 4.93. The van der Waals surface area contributed by atoms with Crippen molar-refractivity contribution in [3.63, 3.8) is 0 Å². The fraction of sp³-hybridized carbons (Fsp3) is 0.632. The van der Waals surface area contributed by atoms with E-state index in [1.54, 1.807) is 6.07 Å². The third kappa shape index (κ3) is 6.72. The Kier molecular flexibility index (Phi) is 7.53. The number of hydrogen-bond donors (Lipinski definition) is 2. The molecule has 1 aliphatic carbocycles. The predicted octanol–water partition coefficient (Wildman–Crippen LogP) is 4.20. The monoisotopic (exact) mass is 486 g/mol. The zero-order chi connectivity index (χ0) is 20.0. The van der Waals surface area contributed by atoms with Crippen LogP contribution in [0.4, 0.5) is 10.6 Å². The Labute approximate surface area is 174 Å². The molecule has 0 atom stereocenters. The lowest BCUT2D eigenvalue weighted by atomic mass is 9.93. The van der Waals surface area contributed by atoms with E-state index in [0.29, 0.717) is 18.1 Å². The molecule has 1 saturated carbocycles. The average Bonchev–Trinajstić information content (AvgIpc) is 2.57. The zero-order valence-electron chi connectivity index (χ0n) is 16.3. The van der Waals surface area contributed by atoms with Crippen molar-refractivity contribution < 1.29 is 14.3 Å². The summed E-state index contributed by atoms with van der Waals surface area (Å²) in [5, 5.41) is 15.5. The predicted molar refractivity (Wildman–Crippen MR) is 112 cm³/mol. The second-order valence-electron chi connectivity index (χ2n) is 7.61. The van der Waals surface area contributed by atoms with Crippen LogP contribution in [-0.4, -0.2) is 35.4 Å². The van der Waals surface area contributed by atoms with Crippen LogP contribution in [-0.2, 0) is 4.74 Å². The van der Waals surface area contributed by atoms with Crippen LogP contribution < -0.4 is 15.4 Å². The number of pyridine rings is 1. The summed E-state index contributed by atoms with van der Waals surface area (Å²) in [7, 11) is 0. The van der Waals surface area contributed by atoms with E-state index in [1.165, 1.54) is 0 Å². The Bertz CT molecular complexity index is 704. The van der Waals surface area contributed by atoms with Gasteiger partial charge in [0.15, 0.2) is 0 Å². The Morgan fingerprint density at radius 3 is 2.59 bits per heavy atom. The van der Waals surface area contributed by atoms with E-state index < -0.39 is 0 Å². The van der Waals surface area contributed by atoms with Gasteiger partial charge in [-0.1, -0.05) is 0 Å². The quantitative estimate of drug-likeness (QED) is 0.606. The van der Waals surface area contributed by atoms with Gasteiger partial charge in [-0.2, -0.15) is 10.2 Å². The number of hydrogen-bond acceptors (Lipinski definition) is 6. The molecule has 2 rings (SSSR count). The summed E-state index contributed by atoms with van der Waals surface area (Å²) in [5.41, 5.74) is 0.139. The number of alkyl carbamates (subject to hydrolysis) is 1. The molecular formula is C19H27IN4O3. The molecule has 0 aliphatic heterocycles. The summed E-state index contributed by atoms with van der Waals surface area (Å²) in [5.74, 6) is 1.09. The number of aromatic nitrogens is 1. The summed E-state index contributed by atoms with van der Waals surface area (Å²) in [6, 6.07) is 4.15. The zero-order valence-corrected chi connectivity index (χ0v) is 18.4. The minimum atomic E-state index is -0.358. The maximum atomic E-state index is 11.9. The normalized spacial score (nSPS) is 19.7. The molecule has 0 aromatic carbocycles. The molecule has 1 aromatic heterocycles. The Balaban J connectivity index is 1.91. The van der Waals surface area contributed by atoms with Crippen LogP contribution in [0.5, 0.6) is 5.88 Å². The van der Waals surface area contributed by atoms with E-state index in [1.807, 2.05) is 27.7 Å². The molecule has 0 spiro atoms. The van der Waals surface area contributed by atoms with Crippen molar-refractivity contribution >= 4 is 34.5 Å². The number of anilines is 1. The molecule has 148 valence electrons. The van der Waals surface area contributed by atoms with Crippen LogP contribution in [0, 0.1) is 14.9 Å². The van der Waals surface area contributed by atoms with Crippen molar-refractivity contribution in [2.24, 2.45) is 0 Å². The topological polar surface area (TPSA) is 96.3 Å². The van der Waals surface area contributed by atoms with Crippen molar-refractivity contribution in [3.8, 4) is 11.9 Å². The minimum absolute atomic E-state index is 0.0580. The molecule has 1 amide bonds. The highest BCUT2D eigenvalue weighted by Crippen LogP contribution is 2.28. The molecule has 1 aromatic rings. The van der Waals surface area contributed by atoms with Crippen molar-refractivity contribution in [1.29, 1.82) is 5.26 Å². The first kappa shape index (κ1) is 21.5. The molecule has 1 aliphatic rings. The summed E-state index contributed by atoms with van der Waals surface area (Å²) >= 11 is 2.17. The standard InChI is InChI=1S/C19H27IN4O3/c1-5-26-17-12(11-21)10-15(20)16(23-17)22-13-6-8-14(9-7-13)27-18(25)24-19(2,3)4/h10,13-14H,5-9H2,1-4H3,(H,22,23)(H,24,25).